The summed E-state index contributed by atoms with van der Waals surface area (Å²) in [5.74, 6) is -0.474. The van der Waals surface area contributed by atoms with E-state index in [0.29, 0.717) is 31.5 Å². The van der Waals surface area contributed by atoms with Crippen LogP contribution in [0, 0.1) is 0 Å². The van der Waals surface area contributed by atoms with E-state index < -0.39 is 12.0 Å². The van der Waals surface area contributed by atoms with Crippen LogP contribution in [0.25, 0.3) is 0 Å². The van der Waals surface area contributed by atoms with Crippen LogP contribution in [-0.2, 0) is 19.3 Å². The Morgan fingerprint density at radius 3 is 2.70 bits per heavy atom. The molecule has 0 spiro atoms. The zero-order valence-electron chi connectivity index (χ0n) is 11.3. The molecule has 1 aliphatic heterocycles. The second-order valence-electron chi connectivity index (χ2n) is 5.59. The van der Waals surface area contributed by atoms with Crippen molar-refractivity contribution in [3.05, 3.63) is 11.6 Å². The SMILES string of the molecule is CC(CNC1CC1)N1CCn2c(nnc2C(F)(F)F)C1. The standard InChI is InChI=1S/C12H18F3N5/c1-8(6-16-9-2-3-9)19-4-5-20-10(7-19)17-18-11(20)12(13,14)15/h8-9,16H,2-7H2,1H3. The van der Waals surface area contributed by atoms with Crippen LogP contribution in [-0.4, -0.2) is 44.8 Å². The van der Waals surface area contributed by atoms with Crippen molar-refractivity contribution in [3.8, 4) is 0 Å². The van der Waals surface area contributed by atoms with Gasteiger partial charge in [0.1, 0.15) is 5.82 Å². The first-order valence-corrected chi connectivity index (χ1v) is 6.92. The number of alkyl halides is 3. The molecule has 20 heavy (non-hydrogen) atoms. The van der Waals surface area contributed by atoms with Crippen LogP contribution in [0.5, 0.6) is 0 Å². The topological polar surface area (TPSA) is 46.0 Å². The molecule has 1 N–H and O–H groups in total. The van der Waals surface area contributed by atoms with Crippen molar-refractivity contribution < 1.29 is 13.2 Å². The Hall–Kier alpha value is -1.15. The van der Waals surface area contributed by atoms with Crippen LogP contribution in [0.1, 0.15) is 31.4 Å². The summed E-state index contributed by atoms with van der Waals surface area (Å²) in [6.45, 7) is 4.28. The molecule has 0 saturated heterocycles. The fourth-order valence-corrected chi connectivity index (χ4v) is 2.52. The number of nitrogens with zero attached hydrogens (tertiary/aromatic N) is 4. The van der Waals surface area contributed by atoms with Crippen molar-refractivity contribution in [2.24, 2.45) is 0 Å². The molecule has 1 unspecified atom stereocenters. The van der Waals surface area contributed by atoms with Crippen LogP contribution < -0.4 is 5.32 Å². The first-order valence-electron chi connectivity index (χ1n) is 6.92. The maximum Gasteiger partial charge on any atom is 0.451 e. The molecule has 0 amide bonds. The predicted octanol–water partition coefficient (Wildman–Crippen LogP) is 1.25. The molecule has 1 atom stereocenters. The molecular weight excluding hydrogens is 271 g/mol. The number of hydrogen-bond donors (Lipinski definition) is 1. The Morgan fingerprint density at radius 1 is 1.30 bits per heavy atom. The van der Waals surface area contributed by atoms with E-state index >= 15 is 0 Å². The van der Waals surface area contributed by atoms with Gasteiger partial charge in [0, 0.05) is 31.7 Å². The van der Waals surface area contributed by atoms with Gasteiger partial charge in [0.05, 0.1) is 6.54 Å². The highest BCUT2D eigenvalue weighted by molar-refractivity contribution is 5.02. The van der Waals surface area contributed by atoms with Gasteiger partial charge in [-0.2, -0.15) is 13.2 Å². The van der Waals surface area contributed by atoms with E-state index in [1.165, 1.54) is 17.4 Å². The van der Waals surface area contributed by atoms with Crippen LogP contribution in [0.15, 0.2) is 0 Å². The van der Waals surface area contributed by atoms with E-state index in [9.17, 15) is 13.2 Å². The molecule has 1 fully saturated rings. The van der Waals surface area contributed by atoms with Crippen molar-refractivity contribution in [2.45, 2.75) is 51.1 Å². The minimum atomic E-state index is -4.42. The predicted molar refractivity (Wildman–Crippen MR) is 65.9 cm³/mol. The lowest BCUT2D eigenvalue weighted by molar-refractivity contribution is -0.148. The average Bonchev–Trinajstić information content (AvgIpc) is 3.11. The van der Waals surface area contributed by atoms with Crippen molar-refractivity contribution in [1.29, 1.82) is 0 Å². The fourth-order valence-electron chi connectivity index (χ4n) is 2.52. The Balaban J connectivity index is 1.64. The minimum Gasteiger partial charge on any atom is -0.312 e. The molecule has 1 aliphatic carbocycles. The largest absolute Gasteiger partial charge is 0.451 e. The van der Waals surface area contributed by atoms with Crippen molar-refractivity contribution in [2.75, 3.05) is 13.1 Å². The van der Waals surface area contributed by atoms with Crippen molar-refractivity contribution in [3.63, 3.8) is 0 Å². The first-order chi connectivity index (χ1) is 9.45. The molecule has 1 aromatic rings. The number of halogens is 3. The Morgan fingerprint density at radius 2 is 2.05 bits per heavy atom. The summed E-state index contributed by atoms with van der Waals surface area (Å²) in [7, 11) is 0. The van der Waals surface area contributed by atoms with Crippen molar-refractivity contribution >= 4 is 0 Å². The van der Waals surface area contributed by atoms with Crippen LogP contribution >= 0.6 is 0 Å². The maximum absolute atomic E-state index is 12.7. The van der Waals surface area contributed by atoms with Crippen LogP contribution in [0.3, 0.4) is 0 Å². The molecule has 2 heterocycles. The van der Waals surface area contributed by atoms with Gasteiger partial charge >= 0.3 is 6.18 Å². The third-order valence-electron chi connectivity index (χ3n) is 3.94. The van der Waals surface area contributed by atoms with E-state index in [4.69, 9.17) is 0 Å². The number of aromatic nitrogens is 3. The van der Waals surface area contributed by atoms with Gasteiger partial charge in [-0.3, -0.25) is 4.90 Å². The summed E-state index contributed by atoms with van der Waals surface area (Å²) < 4.78 is 39.4. The molecule has 8 heteroatoms. The quantitative estimate of drug-likeness (QED) is 0.906. The molecule has 0 radical (unpaired) electrons. The Bertz CT molecular complexity index is 480. The van der Waals surface area contributed by atoms with E-state index in [1.54, 1.807) is 0 Å². The third kappa shape index (κ3) is 2.80. The fraction of sp³-hybridized carbons (Fsp3) is 0.833. The van der Waals surface area contributed by atoms with Gasteiger partial charge in [-0.05, 0) is 19.8 Å². The molecule has 1 aromatic heterocycles. The number of fused-ring (bicyclic) bond motifs is 1. The number of hydrogen-bond acceptors (Lipinski definition) is 4. The molecule has 2 aliphatic rings. The number of nitrogens with one attached hydrogen (secondary N) is 1. The molecule has 0 aromatic carbocycles. The summed E-state index contributed by atoms with van der Waals surface area (Å²) in [5, 5.41) is 10.4. The molecule has 0 bridgehead atoms. The first kappa shape index (κ1) is 13.8. The molecule has 112 valence electrons. The zero-order chi connectivity index (χ0) is 14.3. The van der Waals surface area contributed by atoms with Crippen LogP contribution in [0.4, 0.5) is 13.2 Å². The van der Waals surface area contributed by atoms with E-state index in [-0.39, 0.29) is 6.04 Å². The summed E-state index contributed by atoms with van der Waals surface area (Å²) in [5.41, 5.74) is 0. The third-order valence-corrected chi connectivity index (χ3v) is 3.94. The highest BCUT2D eigenvalue weighted by atomic mass is 19.4. The smallest absolute Gasteiger partial charge is 0.312 e. The molecule has 1 saturated carbocycles. The minimum absolute atomic E-state index is 0.287. The second-order valence-corrected chi connectivity index (χ2v) is 5.59. The monoisotopic (exact) mass is 289 g/mol. The van der Waals surface area contributed by atoms with Gasteiger partial charge in [0.2, 0.25) is 5.82 Å². The summed E-state index contributed by atoms with van der Waals surface area (Å²) >= 11 is 0. The van der Waals surface area contributed by atoms with Gasteiger partial charge in [0.25, 0.3) is 0 Å². The summed E-state index contributed by atoms with van der Waals surface area (Å²) in [4.78, 5) is 2.15. The molecule has 5 nitrogen and oxygen atoms in total. The van der Waals surface area contributed by atoms with Crippen LogP contribution in [0.2, 0.25) is 0 Å². The maximum atomic E-state index is 12.7. The lowest BCUT2D eigenvalue weighted by atomic mass is 10.2. The van der Waals surface area contributed by atoms with E-state index in [1.807, 2.05) is 0 Å². The van der Waals surface area contributed by atoms with Gasteiger partial charge < -0.3 is 9.88 Å². The Labute approximate surface area is 115 Å². The summed E-state index contributed by atoms with van der Waals surface area (Å²) in [6, 6.07) is 0.929. The summed E-state index contributed by atoms with van der Waals surface area (Å²) in [6.07, 6.45) is -1.96. The van der Waals surface area contributed by atoms with Gasteiger partial charge in [-0.25, -0.2) is 0 Å². The lowest BCUT2D eigenvalue weighted by Gasteiger charge is -2.33. The zero-order valence-corrected chi connectivity index (χ0v) is 11.3. The Kier molecular flexibility index (Phi) is 3.45. The van der Waals surface area contributed by atoms with E-state index in [0.717, 1.165) is 6.54 Å². The molecular formula is C12H18F3N5. The highest BCUT2D eigenvalue weighted by Crippen LogP contribution is 2.29. The van der Waals surface area contributed by atoms with E-state index in [2.05, 4.69) is 27.3 Å². The average molecular weight is 289 g/mol. The van der Waals surface area contributed by atoms with Gasteiger partial charge in [0.15, 0.2) is 0 Å². The lowest BCUT2D eigenvalue weighted by Crippen LogP contribution is -2.45. The molecule has 3 rings (SSSR count). The normalized spacial score (nSPS) is 21.8. The highest BCUT2D eigenvalue weighted by Gasteiger charge is 2.39. The van der Waals surface area contributed by atoms with Gasteiger partial charge in [-0.15, -0.1) is 10.2 Å². The second kappa shape index (κ2) is 5.00. The van der Waals surface area contributed by atoms with Gasteiger partial charge in [-0.1, -0.05) is 0 Å². The number of rotatable bonds is 4. The van der Waals surface area contributed by atoms with Crippen molar-refractivity contribution in [1.82, 2.24) is 25.0 Å².